The molecule has 0 saturated carbocycles. The van der Waals surface area contributed by atoms with Crippen LogP contribution in [0.1, 0.15) is 11.3 Å². The van der Waals surface area contributed by atoms with E-state index in [1.54, 1.807) is 11.3 Å². The van der Waals surface area contributed by atoms with E-state index in [0.29, 0.717) is 12.3 Å². The predicted octanol–water partition coefficient (Wildman–Crippen LogP) is 1.38. The topological polar surface area (TPSA) is 41.6 Å². The van der Waals surface area contributed by atoms with Gasteiger partial charge >= 0.3 is 5.97 Å². The highest BCUT2D eigenvalue weighted by atomic mass is 32.1. The van der Waals surface area contributed by atoms with Gasteiger partial charge in [-0.3, -0.25) is 4.79 Å². The normalized spacial score (nSPS) is 18.2. The molecule has 1 unspecified atom stereocenters. The number of nitrogens with zero attached hydrogens (tertiary/aromatic N) is 1. The van der Waals surface area contributed by atoms with Crippen LogP contribution in [0.3, 0.4) is 0 Å². The van der Waals surface area contributed by atoms with Crippen molar-refractivity contribution in [3.63, 3.8) is 0 Å². The van der Waals surface area contributed by atoms with E-state index in [4.69, 9.17) is 4.74 Å². The lowest BCUT2D eigenvalue weighted by molar-refractivity contribution is -0.141. The number of ether oxygens (including phenoxy) is 1. The van der Waals surface area contributed by atoms with Crippen molar-refractivity contribution in [2.75, 3.05) is 39.8 Å². The lowest BCUT2D eigenvalue weighted by Gasteiger charge is -2.30. The van der Waals surface area contributed by atoms with Gasteiger partial charge in [-0.05, 0) is 23.8 Å². The zero-order chi connectivity index (χ0) is 13.5. The monoisotopic (exact) mass is 282 g/mol. The number of carbonyl (C=O) groups excluding carboxylic acids is 1. The van der Waals surface area contributed by atoms with Crippen LogP contribution in [0, 0.1) is 5.92 Å². The minimum atomic E-state index is -0.100. The smallest absolute Gasteiger partial charge is 0.305 e. The van der Waals surface area contributed by atoms with Crippen molar-refractivity contribution in [3.05, 3.63) is 22.4 Å². The SMILES string of the molecule is COC(=O)CC(Cc1cccs1)CN1CCNCC1. The van der Waals surface area contributed by atoms with Crippen LogP contribution in [0.15, 0.2) is 17.5 Å². The van der Waals surface area contributed by atoms with Gasteiger partial charge in [0.1, 0.15) is 0 Å². The van der Waals surface area contributed by atoms with Crippen molar-refractivity contribution in [3.8, 4) is 0 Å². The van der Waals surface area contributed by atoms with Crippen LogP contribution in [0.4, 0.5) is 0 Å². The number of esters is 1. The molecule has 1 N–H and O–H groups in total. The largest absolute Gasteiger partial charge is 0.469 e. The molecule has 0 spiro atoms. The molecule has 1 aromatic heterocycles. The van der Waals surface area contributed by atoms with E-state index in [1.165, 1.54) is 12.0 Å². The molecule has 1 aromatic rings. The van der Waals surface area contributed by atoms with E-state index in [9.17, 15) is 4.79 Å². The average molecular weight is 282 g/mol. The van der Waals surface area contributed by atoms with Gasteiger partial charge in [0.25, 0.3) is 0 Å². The van der Waals surface area contributed by atoms with Gasteiger partial charge < -0.3 is 15.0 Å². The number of piperazine rings is 1. The fourth-order valence-corrected chi connectivity index (χ4v) is 3.31. The Morgan fingerprint density at radius 2 is 2.32 bits per heavy atom. The number of thiophene rings is 1. The molecule has 19 heavy (non-hydrogen) atoms. The highest BCUT2D eigenvalue weighted by molar-refractivity contribution is 7.09. The highest BCUT2D eigenvalue weighted by Gasteiger charge is 2.20. The molecular formula is C14H22N2O2S. The molecule has 5 heteroatoms. The van der Waals surface area contributed by atoms with Gasteiger partial charge in [-0.25, -0.2) is 0 Å². The Balaban J connectivity index is 1.90. The second-order valence-corrected chi connectivity index (χ2v) is 6.01. The summed E-state index contributed by atoms with van der Waals surface area (Å²) in [4.78, 5) is 15.3. The zero-order valence-electron chi connectivity index (χ0n) is 11.4. The van der Waals surface area contributed by atoms with Crippen molar-refractivity contribution in [2.24, 2.45) is 5.92 Å². The van der Waals surface area contributed by atoms with Gasteiger partial charge in [0.05, 0.1) is 7.11 Å². The van der Waals surface area contributed by atoms with Crippen molar-refractivity contribution in [1.82, 2.24) is 10.2 Å². The third kappa shape index (κ3) is 4.93. The fraction of sp³-hybridized carbons (Fsp3) is 0.643. The number of rotatable bonds is 6. The van der Waals surface area contributed by atoms with Crippen LogP contribution in [-0.4, -0.2) is 50.7 Å². The van der Waals surface area contributed by atoms with Crippen LogP contribution < -0.4 is 5.32 Å². The first-order valence-electron chi connectivity index (χ1n) is 6.80. The Morgan fingerprint density at radius 1 is 1.53 bits per heavy atom. The molecule has 1 fully saturated rings. The van der Waals surface area contributed by atoms with Crippen LogP contribution in [0.5, 0.6) is 0 Å². The molecule has 0 aromatic carbocycles. The maximum Gasteiger partial charge on any atom is 0.305 e. The lowest BCUT2D eigenvalue weighted by Crippen LogP contribution is -2.45. The summed E-state index contributed by atoms with van der Waals surface area (Å²) in [6.07, 6.45) is 1.48. The molecule has 1 aliphatic rings. The first-order valence-corrected chi connectivity index (χ1v) is 7.68. The van der Waals surface area contributed by atoms with Crippen LogP contribution >= 0.6 is 11.3 Å². The molecule has 0 aliphatic carbocycles. The third-order valence-electron chi connectivity index (χ3n) is 3.48. The Bertz CT molecular complexity index is 375. The second kappa shape index (κ2) is 7.62. The van der Waals surface area contributed by atoms with Crippen LogP contribution in [0.25, 0.3) is 0 Å². The van der Waals surface area contributed by atoms with E-state index < -0.39 is 0 Å². The molecule has 1 atom stereocenters. The Kier molecular flexibility index (Phi) is 5.82. The van der Waals surface area contributed by atoms with Gasteiger partial charge in [-0.2, -0.15) is 0 Å². The zero-order valence-corrected chi connectivity index (χ0v) is 12.2. The number of nitrogens with one attached hydrogen (secondary N) is 1. The Labute approximate surface area is 118 Å². The first kappa shape index (κ1) is 14.5. The molecule has 0 amide bonds. The van der Waals surface area contributed by atoms with Crippen molar-refractivity contribution in [1.29, 1.82) is 0 Å². The van der Waals surface area contributed by atoms with Gasteiger partial charge in [-0.15, -0.1) is 11.3 Å². The quantitative estimate of drug-likeness (QED) is 0.800. The second-order valence-electron chi connectivity index (χ2n) is 4.98. The molecule has 1 aliphatic heterocycles. The Hall–Kier alpha value is -0.910. The summed E-state index contributed by atoms with van der Waals surface area (Å²) < 4.78 is 4.82. The van der Waals surface area contributed by atoms with Crippen LogP contribution in [-0.2, 0) is 16.0 Å². The summed E-state index contributed by atoms with van der Waals surface area (Å²) in [5, 5.41) is 5.45. The summed E-state index contributed by atoms with van der Waals surface area (Å²) in [6.45, 7) is 5.22. The molecule has 0 bridgehead atoms. The van der Waals surface area contributed by atoms with Crippen molar-refractivity contribution in [2.45, 2.75) is 12.8 Å². The van der Waals surface area contributed by atoms with Gasteiger partial charge in [0, 0.05) is 44.0 Å². The van der Waals surface area contributed by atoms with E-state index >= 15 is 0 Å². The highest BCUT2D eigenvalue weighted by Crippen LogP contribution is 2.19. The van der Waals surface area contributed by atoms with E-state index in [1.807, 2.05) is 0 Å². The number of methoxy groups -OCH3 is 1. The summed E-state index contributed by atoms with van der Waals surface area (Å²) in [5.41, 5.74) is 0. The van der Waals surface area contributed by atoms with Crippen molar-refractivity contribution < 1.29 is 9.53 Å². The van der Waals surface area contributed by atoms with Gasteiger partial charge in [0.2, 0.25) is 0 Å². The molecular weight excluding hydrogens is 260 g/mol. The fourth-order valence-electron chi connectivity index (χ4n) is 2.49. The van der Waals surface area contributed by atoms with Gasteiger partial charge in [0.15, 0.2) is 0 Å². The third-order valence-corrected chi connectivity index (χ3v) is 4.38. The molecule has 106 valence electrons. The number of carbonyl (C=O) groups is 1. The summed E-state index contributed by atoms with van der Waals surface area (Å²) >= 11 is 1.76. The summed E-state index contributed by atoms with van der Waals surface area (Å²) in [7, 11) is 1.47. The number of hydrogen-bond acceptors (Lipinski definition) is 5. The maximum absolute atomic E-state index is 11.5. The van der Waals surface area contributed by atoms with E-state index in [2.05, 4.69) is 27.7 Å². The first-order chi connectivity index (χ1) is 9.28. The van der Waals surface area contributed by atoms with Crippen LogP contribution in [0.2, 0.25) is 0 Å². The Morgan fingerprint density at radius 3 is 2.95 bits per heavy atom. The molecule has 2 heterocycles. The van der Waals surface area contributed by atoms with E-state index in [0.717, 1.165) is 39.1 Å². The van der Waals surface area contributed by atoms with Crippen molar-refractivity contribution >= 4 is 17.3 Å². The molecule has 2 rings (SSSR count). The molecule has 1 saturated heterocycles. The van der Waals surface area contributed by atoms with E-state index in [-0.39, 0.29) is 5.97 Å². The minimum Gasteiger partial charge on any atom is -0.469 e. The number of hydrogen-bond donors (Lipinski definition) is 1. The minimum absolute atomic E-state index is 0.100. The summed E-state index contributed by atoms with van der Waals surface area (Å²) in [6, 6.07) is 4.22. The lowest BCUT2D eigenvalue weighted by atomic mass is 9.99. The maximum atomic E-state index is 11.5. The molecule has 0 radical (unpaired) electrons. The summed E-state index contributed by atoms with van der Waals surface area (Å²) in [5.74, 6) is 0.251. The average Bonchev–Trinajstić information content (AvgIpc) is 2.92. The molecule has 4 nitrogen and oxygen atoms in total. The predicted molar refractivity (Wildman–Crippen MR) is 77.5 cm³/mol. The standard InChI is InChI=1S/C14H22N2O2S/c1-18-14(17)10-12(9-13-3-2-8-19-13)11-16-6-4-15-5-7-16/h2-3,8,12,15H,4-7,9-11H2,1H3. The van der Waals surface area contributed by atoms with Gasteiger partial charge in [-0.1, -0.05) is 6.07 Å².